The van der Waals surface area contributed by atoms with E-state index in [0.717, 1.165) is 0 Å². The number of carbonyl (C=O) groups is 2. The van der Waals surface area contributed by atoms with Crippen molar-refractivity contribution in [2.75, 3.05) is 23.9 Å². The molecule has 0 aliphatic carbocycles. The third kappa shape index (κ3) is 7.72. The lowest BCUT2D eigenvalue weighted by atomic mass is 10.1. The summed E-state index contributed by atoms with van der Waals surface area (Å²) in [6.07, 6.45) is 1.73. The number of hydrogen-bond acceptors (Lipinski definition) is 6. The zero-order chi connectivity index (χ0) is 31.4. The maximum absolute atomic E-state index is 13.7. The van der Waals surface area contributed by atoms with Crippen molar-refractivity contribution in [3.63, 3.8) is 0 Å². The third-order valence-corrected chi connectivity index (χ3v) is 8.84. The Morgan fingerprint density at radius 2 is 1.64 bits per heavy atom. The van der Waals surface area contributed by atoms with Gasteiger partial charge in [0.1, 0.15) is 0 Å². The van der Waals surface area contributed by atoms with Crippen LogP contribution >= 0.6 is 74.1 Å². The quantitative estimate of drug-likeness (QED) is 0.181. The first-order valence-corrected chi connectivity index (χ1v) is 15.8. The Kier molecular flexibility index (Phi) is 10.5. The molecule has 1 fully saturated rings. The number of benzene rings is 4. The number of halogens is 5. The van der Waals surface area contributed by atoms with Gasteiger partial charge in [-0.1, -0.05) is 46.4 Å². The van der Waals surface area contributed by atoms with Crippen molar-refractivity contribution >= 4 is 114 Å². The molecule has 0 atom stereocenters. The SMILES string of the molecule is COc1cc(/C=C2/SC(=Nc3ccc(Cl)cc3)N(c3ccc(Cl)cc3)C2=O)cc(Br)c1OCC(=O)Nc1ccc(Cl)c(Cl)c1. The summed E-state index contributed by atoms with van der Waals surface area (Å²) in [5, 5.41) is 4.99. The molecule has 0 unspecified atom stereocenters. The average Bonchev–Trinajstić information content (AvgIpc) is 3.29. The molecule has 1 saturated heterocycles. The van der Waals surface area contributed by atoms with Crippen LogP contribution in [0.15, 0.2) is 93.2 Å². The molecule has 44 heavy (non-hydrogen) atoms. The molecule has 0 spiro atoms. The average molecular weight is 752 g/mol. The minimum Gasteiger partial charge on any atom is -0.493 e. The molecule has 0 saturated carbocycles. The molecule has 1 heterocycles. The van der Waals surface area contributed by atoms with Gasteiger partial charge in [-0.25, -0.2) is 4.99 Å². The molecular formula is C31H20BrCl4N3O4S. The van der Waals surface area contributed by atoms with Gasteiger partial charge >= 0.3 is 0 Å². The highest BCUT2D eigenvalue weighted by molar-refractivity contribution is 9.10. The van der Waals surface area contributed by atoms with Crippen molar-refractivity contribution in [1.82, 2.24) is 0 Å². The van der Waals surface area contributed by atoms with Crippen molar-refractivity contribution in [2.24, 2.45) is 4.99 Å². The number of aliphatic imine (C=N–C) groups is 1. The monoisotopic (exact) mass is 749 g/mol. The van der Waals surface area contributed by atoms with Gasteiger partial charge in [-0.05, 0) is 118 Å². The molecule has 0 bridgehead atoms. The van der Waals surface area contributed by atoms with E-state index >= 15 is 0 Å². The summed E-state index contributed by atoms with van der Waals surface area (Å²) in [6.45, 7) is -0.301. The molecule has 1 N–H and O–H groups in total. The van der Waals surface area contributed by atoms with Crippen molar-refractivity contribution < 1.29 is 19.1 Å². The van der Waals surface area contributed by atoms with Crippen molar-refractivity contribution in [3.8, 4) is 11.5 Å². The van der Waals surface area contributed by atoms with Gasteiger partial charge in [0.15, 0.2) is 23.3 Å². The summed E-state index contributed by atoms with van der Waals surface area (Å²) in [7, 11) is 1.48. The van der Waals surface area contributed by atoms with Crippen LogP contribution in [0.3, 0.4) is 0 Å². The molecule has 0 radical (unpaired) electrons. The smallest absolute Gasteiger partial charge is 0.271 e. The molecule has 13 heteroatoms. The Morgan fingerprint density at radius 1 is 0.955 bits per heavy atom. The van der Waals surface area contributed by atoms with Crippen LogP contribution in [0.1, 0.15) is 5.56 Å². The van der Waals surface area contributed by atoms with Gasteiger partial charge in [0.2, 0.25) is 0 Å². The van der Waals surface area contributed by atoms with Crippen LogP contribution in [0.5, 0.6) is 11.5 Å². The second-order valence-electron chi connectivity index (χ2n) is 9.10. The van der Waals surface area contributed by atoms with Gasteiger partial charge < -0.3 is 14.8 Å². The van der Waals surface area contributed by atoms with E-state index in [-0.39, 0.29) is 12.5 Å². The molecule has 224 valence electrons. The highest BCUT2D eigenvalue weighted by Gasteiger charge is 2.35. The lowest BCUT2D eigenvalue weighted by molar-refractivity contribution is -0.118. The van der Waals surface area contributed by atoms with Crippen LogP contribution in [0.25, 0.3) is 6.08 Å². The topological polar surface area (TPSA) is 80.2 Å². The summed E-state index contributed by atoms with van der Waals surface area (Å²) in [5.74, 6) is -0.00329. The summed E-state index contributed by atoms with van der Waals surface area (Å²) >= 11 is 28.8. The van der Waals surface area contributed by atoms with Crippen molar-refractivity contribution in [3.05, 3.63) is 114 Å². The van der Waals surface area contributed by atoms with Crippen LogP contribution in [0.2, 0.25) is 20.1 Å². The first-order chi connectivity index (χ1) is 21.1. The van der Waals surface area contributed by atoms with E-state index in [1.54, 1.807) is 84.9 Å². The number of amides is 2. The van der Waals surface area contributed by atoms with Gasteiger partial charge in [0, 0.05) is 15.7 Å². The van der Waals surface area contributed by atoms with Crippen molar-refractivity contribution in [1.29, 1.82) is 0 Å². The second-order valence-corrected chi connectivity index (χ2v) is 12.6. The lowest BCUT2D eigenvalue weighted by Crippen LogP contribution is -2.28. The first-order valence-electron chi connectivity index (χ1n) is 12.7. The zero-order valence-corrected chi connectivity index (χ0v) is 28.0. The number of nitrogens with zero attached hydrogens (tertiary/aromatic N) is 2. The highest BCUT2D eigenvalue weighted by Crippen LogP contribution is 2.41. The summed E-state index contributed by atoms with van der Waals surface area (Å²) < 4.78 is 11.9. The largest absolute Gasteiger partial charge is 0.493 e. The van der Waals surface area contributed by atoms with Crippen molar-refractivity contribution in [2.45, 2.75) is 0 Å². The molecule has 1 aliphatic rings. The maximum Gasteiger partial charge on any atom is 0.271 e. The van der Waals surface area contributed by atoms with Crippen LogP contribution in [0, 0.1) is 0 Å². The Balaban J connectivity index is 1.39. The van der Waals surface area contributed by atoms with Crippen LogP contribution < -0.4 is 19.7 Å². The lowest BCUT2D eigenvalue weighted by Gasteiger charge is -2.15. The molecule has 0 aromatic heterocycles. The Bertz CT molecular complexity index is 1800. The minimum atomic E-state index is -0.411. The van der Waals surface area contributed by atoms with Crippen LogP contribution in [0.4, 0.5) is 17.1 Å². The maximum atomic E-state index is 13.7. The van der Waals surface area contributed by atoms with E-state index in [2.05, 4.69) is 21.2 Å². The second kappa shape index (κ2) is 14.3. The molecule has 4 aromatic carbocycles. The normalized spacial score (nSPS) is 14.8. The number of ether oxygens (including phenoxy) is 2. The summed E-state index contributed by atoms with van der Waals surface area (Å²) in [5.41, 5.74) is 2.39. The molecular weight excluding hydrogens is 732 g/mol. The first kappa shape index (κ1) is 32.2. The summed E-state index contributed by atoms with van der Waals surface area (Å²) in [6, 6.07) is 22.2. The molecule has 5 rings (SSSR count). The fraction of sp³-hybridized carbons (Fsp3) is 0.0645. The Morgan fingerprint density at radius 3 is 2.30 bits per heavy atom. The van der Waals surface area contributed by atoms with Gasteiger partial charge in [-0.2, -0.15) is 0 Å². The number of nitrogens with one attached hydrogen (secondary N) is 1. The zero-order valence-electron chi connectivity index (χ0n) is 22.6. The van der Waals surface area contributed by atoms with Gasteiger partial charge in [-0.3, -0.25) is 14.5 Å². The van der Waals surface area contributed by atoms with Gasteiger partial charge in [-0.15, -0.1) is 0 Å². The Labute approximate surface area is 285 Å². The predicted octanol–water partition coefficient (Wildman–Crippen LogP) is 9.90. The van der Waals surface area contributed by atoms with E-state index in [9.17, 15) is 9.59 Å². The number of carbonyl (C=O) groups excluding carboxylic acids is 2. The van der Waals surface area contributed by atoms with Crippen LogP contribution in [-0.4, -0.2) is 30.7 Å². The minimum absolute atomic E-state index is 0.264. The predicted molar refractivity (Wildman–Crippen MR) is 184 cm³/mol. The fourth-order valence-electron chi connectivity index (χ4n) is 4.02. The summed E-state index contributed by atoms with van der Waals surface area (Å²) in [4.78, 5) is 32.9. The fourth-order valence-corrected chi connectivity index (χ4v) is 6.14. The standard InChI is InChI=1S/C31H20BrCl4N3O4S/c1-42-26-13-17(12-23(32)29(26)43-16-28(40)37-21-8-11-24(35)25(36)15-21)14-27-30(41)39(22-9-4-19(34)5-10-22)31(44-27)38-20-6-2-18(33)3-7-20/h2-15H,16H2,1H3,(H,37,40)/b27-14+,38-31?. The Hall–Kier alpha value is -3.18. The molecule has 1 aliphatic heterocycles. The van der Waals surface area contributed by atoms with E-state index in [1.165, 1.54) is 23.8 Å². The number of amidine groups is 1. The van der Waals surface area contributed by atoms with E-state index in [1.807, 2.05) is 0 Å². The molecule has 2 amide bonds. The highest BCUT2D eigenvalue weighted by atomic mass is 79.9. The number of anilines is 2. The number of hydrogen-bond donors (Lipinski definition) is 1. The number of methoxy groups -OCH3 is 1. The van der Waals surface area contributed by atoms with Crippen LogP contribution in [-0.2, 0) is 9.59 Å². The number of thioether (sulfide) groups is 1. The van der Waals surface area contributed by atoms with E-state index in [4.69, 9.17) is 60.9 Å². The van der Waals surface area contributed by atoms with Gasteiger partial charge in [0.05, 0.1) is 37.9 Å². The van der Waals surface area contributed by atoms with E-state index in [0.29, 0.717) is 68.8 Å². The molecule has 4 aromatic rings. The number of rotatable bonds is 8. The van der Waals surface area contributed by atoms with E-state index < -0.39 is 5.91 Å². The third-order valence-electron chi connectivity index (χ3n) is 6.04. The molecule has 7 nitrogen and oxygen atoms in total. The van der Waals surface area contributed by atoms with Gasteiger partial charge in [0.25, 0.3) is 11.8 Å².